The zero-order valence-corrected chi connectivity index (χ0v) is 25.0. The Morgan fingerprint density at radius 2 is 1.19 bits per heavy atom. The van der Waals surface area contributed by atoms with Gasteiger partial charge in [-0.05, 0) is 43.0 Å². The average Bonchev–Trinajstić information content (AvgIpc) is 3.42. The summed E-state index contributed by atoms with van der Waals surface area (Å²) in [7, 11) is 2.62. The van der Waals surface area contributed by atoms with Gasteiger partial charge in [-0.25, -0.2) is 19.6 Å². The van der Waals surface area contributed by atoms with Gasteiger partial charge in [-0.15, -0.1) is 0 Å². The highest BCUT2D eigenvalue weighted by atomic mass is 16.5. The number of hydrogen-bond donors (Lipinski definition) is 3. The fourth-order valence-corrected chi connectivity index (χ4v) is 5.08. The molecule has 2 atom stereocenters. The maximum Gasteiger partial charge on any atom is 0.356 e. The Morgan fingerprint density at radius 3 is 1.56 bits per heavy atom. The molecule has 13 nitrogen and oxygen atoms in total. The zero-order valence-electron chi connectivity index (χ0n) is 25.0. The highest BCUT2D eigenvalue weighted by Gasteiger charge is 2.35. The highest BCUT2D eigenvalue weighted by Crippen LogP contribution is 2.30. The molecule has 3 N–H and O–H groups in total. The largest absolute Gasteiger partial charge is 0.464 e. The van der Waals surface area contributed by atoms with Crippen molar-refractivity contribution in [1.29, 1.82) is 0 Å². The number of rotatable bonds is 19. The number of nitrogens with zero attached hydrogens (tertiary/aromatic N) is 4. The van der Waals surface area contributed by atoms with Gasteiger partial charge in [0.15, 0.2) is 0 Å². The van der Waals surface area contributed by atoms with Crippen LogP contribution in [-0.4, -0.2) is 133 Å². The molecule has 0 saturated heterocycles. The van der Waals surface area contributed by atoms with E-state index in [9.17, 15) is 24.9 Å². The molecule has 0 bridgehead atoms. The van der Waals surface area contributed by atoms with Gasteiger partial charge in [0.25, 0.3) is 0 Å². The number of esters is 2. The van der Waals surface area contributed by atoms with Crippen molar-refractivity contribution in [2.24, 2.45) is 5.92 Å². The summed E-state index contributed by atoms with van der Waals surface area (Å²) in [4.78, 5) is 36.4. The van der Waals surface area contributed by atoms with Crippen LogP contribution >= 0.6 is 0 Å². The van der Waals surface area contributed by atoms with Crippen LogP contribution in [0.15, 0.2) is 36.4 Å². The molecular formula is C30H44N4O9. The minimum atomic E-state index is -0.506. The summed E-state index contributed by atoms with van der Waals surface area (Å²) >= 11 is 0. The van der Waals surface area contributed by atoms with E-state index in [1.165, 1.54) is 14.2 Å². The number of methoxy groups -OCH3 is 2. The molecule has 0 radical (unpaired) electrons. The van der Waals surface area contributed by atoms with E-state index in [4.69, 9.17) is 18.9 Å². The van der Waals surface area contributed by atoms with Crippen LogP contribution in [0.1, 0.15) is 45.2 Å². The quantitative estimate of drug-likeness (QED) is 0.190. The second-order valence-electron chi connectivity index (χ2n) is 10.3. The van der Waals surface area contributed by atoms with Crippen LogP contribution in [0.4, 0.5) is 0 Å². The van der Waals surface area contributed by atoms with Gasteiger partial charge in [-0.1, -0.05) is 12.1 Å². The molecule has 2 aromatic heterocycles. The minimum absolute atomic E-state index is 0.0364. The summed E-state index contributed by atoms with van der Waals surface area (Å²) in [6.45, 7) is 3.49. The Labute approximate surface area is 252 Å². The lowest BCUT2D eigenvalue weighted by atomic mass is 10.1. The number of aromatic nitrogens is 2. The van der Waals surface area contributed by atoms with Crippen molar-refractivity contribution in [2.75, 3.05) is 73.4 Å². The monoisotopic (exact) mass is 604 g/mol. The number of hydrogen-bond acceptors (Lipinski definition) is 13. The van der Waals surface area contributed by atoms with Gasteiger partial charge in [0.1, 0.15) is 11.4 Å². The molecule has 238 valence electrons. The third kappa shape index (κ3) is 11.2. The maximum atomic E-state index is 11.8. The Bertz CT molecular complexity index is 1050. The van der Waals surface area contributed by atoms with Gasteiger partial charge in [-0.2, -0.15) is 0 Å². The molecule has 0 aliphatic heterocycles. The molecule has 1 aliphatic carbocycles. The molecule has 2 heterocycles. The van der Waals surface area contributed by atoms with E-state index in [0.717, 1.165) is 0 Å². The van der Waals surface area contributed by atoms with Crippen molar-refractivity contribution in [3.63, 3.8) is 0 Å². The van der Waals surface area contributed by atoms with E-state index in [1.807, 2.05) is 21.9 Å². The topological polar surface area (TPSA) is 164 Å². The number of carbonyl (C=O) groups excluding carboxylic acids is 2. The molecule has 43 heavy (non-hydrogen) atoms. The third-order valence-electron chi connectivity index (χ3n) is 7.29. The van der Waals surface area contributed by atoms with Gasteiger partial charge in [0, 0.05) is 45.9 Å². The van der Waals surface area contributed by atoms with Crippen LogP contribution in [0.2, 0.25) is 0 Å². The zero-order chi connectivity index (χ0) is 31.0. The lowest BCUT2D eigenvalue weighted by Crippen LogP contribution is -2.35. The highest BCUT2D eigenvalue weighted by molar-refractivity contribution is 5.87. The van der Waals surface area contributed by atoms with E-state index in [1.54, 1.807) is 24.3 Å². The van der Waals surface area contributed by atoms with Gasteiger partial charge >= 0.3 is 11.9 Å². The van der Waals surface area contributed by atoms with Crippen LogP contribution < -0.4 is 0 Å². The first kappa shape index (κ1) is 34.5. The normalized spacial score (nSPS) is 18.3. The van der Waals surface area contributed by atoms with Crippen molar-refractivity contribution >= 4 is 11.9 Å². The fourth-order valence-electron chi connectivity index (χ4n) is 5.08. The molecular weight excluding hydrogens is 560 g/mol. The summed E-state index contributed by atoms with van der Waals surface area (Å²) < 4.78 is 22.0. The van der Waals surface area contributed by atoms with Crippen molar-refractivity contribution in [3.05, 3.63) is 59.2 Å². The van der Waals surface area contributed by atoms with E-state index >= 15 is 0 Å². The first-order chi connectivity index (χ1) is 20.9. The van der Waals surface area contributed by atoms with Crippen molar-refractivity contribution in [2.45, 2.75) is 38.1 Å². The predicted molar refractivity (Wildman–Crippen MR) is 155 cm³/mol. The van der Waals surface area contributed by atoms with Gasteiger partial charge in [-0.3, -0.25) is 9.80 Å². The standard InChI is InChI=1S/C30H44N4O9/c1-40-29(38)25-7-3-5-23(31-25)19-33(9-13-35)11-15-42-27-17-22(21-37)18-28(27)43-16-12-34(10-14-36)20-24-6-4-8-26(32-24)30(39)41-2/h3-8,22,27-28,35-37H,9-21H2,1-2H3. The van der Waals surface area contributed by atoms with Crippen LogP contribution in [0.25, 0.3) is 0 Å². The molecule has 0 amide bonds. The maximum absolute atomic E-state index is 11.8. The summed E-state index contributed by atoms with van der Waals surface area (Å²) in [6, 6.07) is 10.3. The van der Waals surface area contributed by atoms with E-state index in [0.29, 0.717) is 76.7 Å². The number of pyridine rings is 2. The molecule has 2 aromatic rings. The molecule has 3 rings (SSSR count). The van der Waals surface area contributed by atoms with Gasteiger partial charge in [0.05, 0.1) is 64.2 Å². The summed E-state index contributed by atoms with van der Waals surface area (Å²) in [6.07, 6.45) is 0.959. The smallest absolute Gasteiger partial charge is 0.356 e. The number of aliphatic hydroxyl groups is 3. The minimum Gasteiger partial charge on any atom is -0.464 e. The van der Waals surface area contributed by atoms with Gasteiger partial charge in [0.2, 0.25) is 0 Å². The molecule has 1 aliphatic rings. The Balaban J connectivity index is 1.51. The van der Waals surface area contributed by atoms with Crippen LogP contribution in [0.3, 0.4) is 0 Å². The first-order valence-corrected chi connectivity index (χ1v) is 14.5. The first-order valence-electron chi connectivity index (χ1n) is 14.5. The van der Waals surface area contributed by atoms with Crippen LogP contribution in [0.5, 0.6) is 0 Å². The number of ether oxygens (including phenoxy) is 4. The van der Waals surface area contributed by atoms with Crippen molar-refractivity contribution in [3.8, 4) is 0 Å². The summed E-state index contributed by atoms with van der Waals surface area (Å²) in [5, 5.41) is 28.9. The molecule has 1 fully saturated rings. The van der Waals surface area contributed by atoms with E-state index < -0.39 is 11.9 Å². The third-order valence-corrected chi connectivity index (χ3v) is 7.29. The van der Waals surface area contributed by atoms with E-state index in [-0.39, 0.29) is 49.3 Å². The predicted octanol–water partition coefficient (Wildman–Crippen LogP) is 0.511. The number of aliphatic hydroxyl groups excluding tert-OH is 3. The van der Waals surface area contributed by atoms with Crippen LogP contribution in [-0.2, 0) is 32.0 Å². The second-order valence-corrected chi connectivity index (χ2v) is 10.3. The fraction of sp³-hybridized carbons (Fsp3) is 0.600. The SMILES string of the molecule is COC(=O)c1cccc(CN(CCO)CCOC2CC(CO)CC2OCCN(CCO)Cc2cccc(C(=O)OC)n2)n1. The lowest BCUT2D eigenvalue weighted by Gasteiger charge is -2.26. The molecule has 0 aromatic carbocycles. The molecule has 13 heteroatoms. The average molecular weight is 605 g/mol. The lowest BCUT2D eigenvalue weighted by molar-refractivity contribution is -0.0649. The van der Waals surface area contributed by atoms with Crippen molar-refractivity contribution < 1.29 is 43.9 Å². The van der Waals surface area contributed by atoms with Crippen LogP contribution in [0, 0.1) is 5.92 Å². The number of carbonyl (C=O) groups is 2. The molecule has 1 saturated carbocycles. The Kier molecular flexibility index (Phi) is 14.9. The van der Waals surface area contributed by atoms with Gasteiger partial charge < -0.3 is 34.3 Å². The van der Waals surface area contributed by atoms with Crippen molar-refractivity contribution in [1.82, 2.24) is 19.8 Å². The molecule has 2 unspecified atom stereocenters. The summed E-state index contributed by atoms with van der Waals surface area (Å²) in [5.41, 5.74) is 1.81. The van der Waals surface area contributed by atoms with E-state index in [2.05, 4.69) is 9.97 Å². The second kappa shape index (κ2) is 18.6. The molecule has 0 spiro atoms. The Hall–Kier alpha value is -3.04. The summed E-state index contributed by atoms with van der Waals surface area (Å²) in [5.74, 6) is -0.936. The Morgan fingerprint density at radius 1 is 0.744 bits per heavy atom.